The summed E-state index contributed by atoms with van der Waals surface area (Å²) in [5.41, 5.74) is -0.172. The average molecular weight is 568 g/mol. The topological polar surface area (TPSA) is 146 Å². The lowest BCUT2D eigenvalue weighted by Crippen LogP contribution is -2.39. The van der Waals surface area contributed by atoms with E-state index in [-0.39, 0.29) is 60.3 Å². The molecule has 39 heavy (non-hydrogen) atoms. The number of hydrogen-bond acceptors (Lipinski definition) is 9. The normalized spacial score (nSPS) is 17.6. The number of nitrogens with one attached hydrogen (secondary N) is 2. The van der Waals surface area contributed by atoms with Crippen LogP contribution in [0.25, 0.3) is 10.9 Å². The number of ether oxygens (including phenoxy) is 4. The molecule has 11 nitrogen and oxygen atoms in total. The number of aromatic amines is 1. The lowest BCUT2D eigenvalue weighted by Gasteiger charge is -2.29. The fourth-order valence-corrected chi connectivity index (χ4v) is 4.85. The standard InChI is InChI=1S/C25H27F2N3O8S/c1-35-20-9-14(3-4-17(20)26)10-28-25(32)23-29-19-6-5-18(27)22(21(19)24(31)30-23)36-8-7-15-11-38-16(12-37-15)13-39(2,33)34/h3-6,9,15-16H,7-8,10-13H2,1-2H3,(H,28,32)(H,29,30,31). The summed E-state index contributed by atoms with van der Waals surface area (Å²) in [5, 5.41) is 2.41. The van der Waals surface area contributed by atoms with Crippen LogP contribution in [0.15, 0.2) is 35.1 Å². The maximum absolute atomic E-state index is 14.6. The van der Waals surface area contributed by atoms with Gasteiger partial charge in [-0.2, -0.15) is 0 Å². The molecule has 2 N–H and O–H groups in total. The molecule has 3 aromatic rings. The van der Waals surface area contributed by atoms with E-state index in [1.165, 1.54) is 31.4 Å². The number of sulfone groups is 1. The Morgan fingerprint density at radius 3 is 2.56 bits per heavy atom. The molecule has 0 spiro atoms. The van der Waals surface area contributed by atoms with Gasteiger partial charge in [0.15, 0.2) is 29.0 Å². The molecule has 1 aliphatic rings. The summed E-state index contributed by atoms with van der Waals surface area (Å²) in [6.07, 6.45) is 0.461. The van der Waals surface area contributed by atoms with Crippen LogP contribution in [0.5, 0.6) is 11.5 Å². The van der Waals surface area contributed by atoms with E-state index in [2.05, 4.69) is 15.3 Å². The van der Waals surface area contributed by atoms with E-state index in [4.69, 9.17) is 18.9 Å². The van der Waals surface area contributed by atoms with E-state index >= 15 is 0 Å². The van der Waals surface area contributed by atoms with Crippen LogP contribution in [0, 0.1) is 11.6 Å². The van der Waals surface area contributed by atoms with Crippen LogP contribution < -0.4 is 20.3 Å². The predicted octanol–water partition coefficient (Wildman–Crippen LogP) is 1.74. The smallest absolute Gasteiger partial charge is 0.287 e. The van der Waals surface area contributed by atoms with Crippen molar-refractivity contribution in [3.05, 3.63) is 63.7 Å². The van der Waals surface area contributed by atoms with Crippen LogP contribution in [0.1, 0.15) is 22.6 Å². The number of benzene rings is 2. The van der Waals surface area contributed by atoms with Crippen molar-refractivity contribution >= 4 is 26.6 Å². The van der Waals surface area contributed by atoms with Gasteiger partial charge in [0.2, 0.25) is 0 Å². The molecular formula is C25H27F2N3O8S. The Hall–Kier alpha value is -3.62. The fraction of sp³-hybridized carbons (Fsp3) is 0.400. The van der Waals surface area contributed by atoms with Crippen LogP contribution in [-0.4, -0.2) is 75.4 Å². The zero-order valence-electron chi connectivity index (χ0n) is 21.2. The van der Waals surface area contributed by atoms with Crippen LogP contribution in [0.2, 0.25) is 0 Å². The highest BCUT2D eigenvalue weighted by molar-refractivity contribution is 7.90. The third-order valence-corrected chi connectivity index (χ3v) is 6.85. The molecule has 4 rings (SSSR count). The lowest BCUT2D eigenvalue weighted by atomic mass is 10.2. The summed E-state index contributed by atoms with van der Waals surface area (Å²) >= 11 is 0. The molecule has 0 aliphatic carbocycles. The third kappa shape index (κ3) is 7.28. The number of hydrogen-bond donors (Lipinski definition) is 2. The lowest BCUT2D eigenvalue weighted by molar-refractivity contribution is -0.129. The van der Waals surface area contributed by atoms with E-state index in [1.54, 1.807) is 0 Å². The van der Waals surface area contributed by atoms with Crippen LogP contribution >= 0.6 is 0 Å². The Labute approximate surface area is 222 Å². The highest BCUT2D eigenvalue weighted by Crippen LogP contribution is 2.26. The average Bonchev–Trinajstić information content (AvgIpc) is 2.89. The second-order valence-electron chi connectivity index (χ2n) is 8.98. The molecule has 2 heterocycles. The van der Waals surface area contributed by atoms with Gasteiger partial charge in [-0.3, -0.25) is 9.59 Å². The summed E-state index contributed by atoms with van der Waals surface area (Å²) in [6, 6.07) is 6.44. The molecule has 1 amide bonds. The molecule has 0 bridgehead atoms. The Morgan fingerprint density at radius 1 is 1.15 bits per heavy atom. The number of amides is 1. The molecule has 0 saturated carbocycles. The van der Waals surface area contributed by atoms with E-state index in [0.29, 0.717) is 12.0 Å². The van der Waals surface area contributed by atoms with Gasteiger partial charge in [-0.05, 0) is 29.8 Å². The molecule has 0 radical (unpaired) electrons. The molecule has 1 fully saturated rings. The zero-order valence-corrected chi connectivity index (χ0v) is 22.0. The first-order chi connectivity index (χ1) is 18.5. The second kappa shape index (κ2) is 12.1. The predicted molar refractivity (Wildman–Crippen MR) is 136 cm³/mol. The number of fused-ring (bicyclic) bond motifs is 1. The van der Waals surface area contributed by atoms with Gasteiger partial charge < -0.3 is 29.2 Å². The number of aromatic nitrogens is 2. The van der Waals surface area contributed by atoms with Gasteiger partial charge in [0.25, 0.3) is 11.5 Å². The molecule has 14 heteroatoms. The number of H-pyrrole nitrogens is 1. The maximum atomic E-state index is 14.6. The molecule has 2 atom stereocenters. The van der Waals surface area contributed by atoms with Crippen molar-refractivity contribution in [3.8, 4) is 11.5 Å². The number of nitrogens with zero attached hydrogens (tertiary/aromatic N) is 1. The van der Waals surface area contributed by atoms with Crippen molar-refractivity contribution in [2.75, 3.05) is 38.9 Å². The summed E-state index contributed by atoms with van der Waals surface area (Å²) in [5.74, 6) is -2.77. The van der Waals surface area contributed by atoms with E-state index in [1.807, 2.05) is 0 Å². The molecule has 1 aliphatic heterocycles. The molecule has 1 saturated heterocycles. The first kappa shape index (κ1) is 28.4. The highest BCUT2D eigenvalue weighted by Gasteiger charge is 2.25. The van der Waals surface area contributed by atoms with Gasteiger partial charge in [-0.1, -0.05) is 6.07 Å². The van der Waals surface area contributed by atoms with E-state index < -0.39 is 45.1 Å². The van der Waals surface area contributed by atoms with Crippen molar-refractivity contribution in [2.45, 2.75) is 25.2 Å². The summed E-state index contributed by atoms with van der Waals surface area (Å²) in [7, 11) is -1.88. The molecule has 2 aromatic carbocycles. The number of carbonyl (C=O) groups excluding carboxylic acids is 1. The number of carbonyl (C=O) groups is 1. The summed E-state index contributed by atoms with van der Waals surface area (Å²) in [4.78, 5) is 31.9. The van der Waals surface area contributed by atoms with Crippen LogP contribution in [0.3, 0.4) is 0 Å². The fourth-order valence-electron chi connectivity index (χ4n) is 3.98. The minimum Gasteiger partial charge on any atom is -0.494 e. The largest absolute Gasteiger partial charge is 0.494 e. The molecule has 1 aromatic heterocycles. The Balaban J connectivity index is 1.40. The number of rotatable bonds is 10. The SMILES string of the molecule is COc1cc(CNC(=O)c2nc3ccc(F)c(OCCC4COC(CS(C)(=O)=O)CO4)c3c(=O)[nH]2)ccc1F. The third-order valence-electron chi connectivity index (χ3n) is 5.87. The molecule has 210 valence electrons. The van der Waals surface area contributed by atoms with Gasteiger partial charge in [-0.15, -0.1) is 0 Å². The van der Waals surface area contributed by atoms with Crippen molar-refractivity contribution in [1.82, 2.24) is 15.3 Å². The molecule has 2 unspecified atom stereocenters. The Bertz CT molecular complexity index is 1520. The van der Waals surface area contributed by atoms with Gasteiger partial charge in [-0.25, -0.2) is 22.2 Å². The van der Waals surface area contributed by atoms with Crippen LogP contribution in [-0.2, 0) is 25.9 Å². The van der Waals surface area contributed by atoms with Crippen molar-refractivity contribution < 1.29 is 40.9 Å². The van der Waals surface area contributed by atoms with Gasteiger partial charge >= 0.3 is 0 Å². The highest BCUT2D eigenvalue weighted by atomic mass is 32.2. The van der Waals surface area contributed by atoms with E-state index in [0.717, 1.165) is 12.3 Å². The second-order valence-corrected chi connectivity index (χ2v) is 11.2. The van der Waals surface area contributed by atoms with Crippen molar-refractivity contribution in [2.24, 2.45) is 0 Å². The quantitative estimate of drug-likeness (QED) is 0.374. The Kier molecular flexibility index (Phi) is 8.77. The minimum absolute atomic E-state index is 0.0109. The first-order valence-corrected chi connectivity index (χ1v) is 14.0. The maximum Gasteiger partial charge on any atom is 0.287 e. The van der Waals surface area contributed by atoms with Crippen molar-refractivity contribution in [3.63, 3.8) is 0 Å². The van der Waals surface area contributed by atoms with E-state index in [9.17, 15) is 26.8 Å². The van der Waals surface area contributed by atoms with Crippen LogP contribution in [0.4, 0.5) is 8.78 Å². The zero-order chi connectivity index (χ0) is 28.2. The summed E-state index contributed by atoms with van der Waals surface area (Å²) in [6.45, 7) is 0.233. The van der Waals surface area contributed by atoms with Crippen molar-refractivity contribution in [1.29, 1.82) is 0 Å². The monoisotopic (exact) mass is 567 g/mol. The van der Waals surface area contributed by atoms with Gasteiger partial charge in [0.05, 0.1) is 50.4 Å². The Morgan fingerprint density at radius 2 is 1.87 bits per heavy atom. The minimum atomic E-state index is -3.20. The number of halogens is 2. The number of methoxy groups -OCH3 is 1. The van der Waals surface area contributed by atoms with Gasteiger partial charge in [0.1, 0.15) is 15.2 Å². The first-order valence-electron chi connectivity index (χ1n) is 11.9. The van der Waals surface area contributed by atoms with Gasteiger partial charge in [0, 0.05) is 19.2 Å². The summed E-state index contributed by atoms with van der Waals surface area (Å²) < 4.78 is 72.6. The molecular weight excluding hydrogens is 540 g/mol.